The molecule has 2 atom stereocenters. The van der Waals surface area contributed by atoms with Crippen molar-refractivity contribution in [3.05, 3.63) is 34.1 Å². The van der Waals surface area contributed by atoms with E-state index in [9.17, 15) is 0 Å². The van der Waals surface area contributed by atoms with Gasteiger partial charge in [0.15, 0.2) is 5.82 Å². The van der Waals surface area contributed by atoms with Gasteiger partial charge in [0, 0.05) is 17.3 Å². The van der Waals surface area contributed by atoms with Crippen molar-refractivity contribution in [3.63, 3.8) is 0 Å². The summed E-state index contributed by atoms with van der Waals surface area (Å²) in [7, 11) is 1.95. The number of nitrogens with zero attached hydrogens (tertiary/aromatic N) is 2. The number of hydrogen-bond donors (Lipinski definition) is 1. The predicted octanol–water partition coefficient (Wildman–Crippen LogP) is 2.82. The Kier molecular flexibility index (Phi) is 4.49. The first kappa shape index (κ1) is 13.2. The van der Waals surface area contributed by atoms with Gasteiger partial charge < -0.3 is 9.84 Å². The third kappa shape index (κ3) is 2.97. The maximum atomic E-state index is 5.39. The molecule has 2 unspecified atom stereocenters. The molecule has 18 heavy (non-hydrogen) atoms. The molecular formula is C13H19N3OS. The Bertz CT molecular complexity index is 466. The summed E-state index contributed by atoms with van der Waals surface area (Å²) in [6, 6.07) is 4.47. The van der Waals surface area contributed by atoms with Crippen molar-refractivity contribution in [2.75, 3.05) is 7.05 Å². The molecule has 0 saturated carbocycles. The Labute approximate surface area is 111 Å². The van der Waals surface area contributed by atoms with Gasteiger partial charge in [-0.3, -0.25) is 0 Å². The van der Waals surface area contributed by atoms with E-state index in [0.717, 1.165) is 24.6 Å². The van der Waals surface area contributed by atoms with Gasteiger partial charge in [0.2, 0.25) is 5.89 Å². The Hall–Kier alpha value is -1.20. The fourth-order valence-corrected chi connectivity index (χ4v) is 2.70. The second kappa shape index (κ2) is 6.11. The molecule has 98 valence electrons. The zero-order valence-electron chi connectivity index (χ0n) is 11.0. The van der Waals surface area contributed by atoms with Gasteiger partial charge in [-0.15, -0.1) is 11.3 Å². The van der Waals surface area contributed by atoms with Gasteiger partial charge >= 0.3 is 0 Å². The van der Waals surface area contributed by atoms with Crippen LogP contribution in [0.3, 0.4) is 0 Å². The number of thiophene rings is 1. The summed E-state index contributed by atoms with van der Waals surface area (Å²) in [5.41, 5.74) is 0. The maximum absolute atomic E-state index is 5.39. The lowest BCUT2D eigenvalue weighted by Crippen LogP contribution is -2.28. The van der Waals surface area contributed by atoms with Crippen LogP contribution in [0.15, 0.2) is 22.0 Å². The molecule has 2 aromatic heterocycles. The van der Waals surface area contributed by atoms with Gasteiger partial charge in [-0.25, -0.2) is 0 Å². The summed E-state index contributed by atoms with van der Waals surface area (Å²) in [5.74, 6) is 1.79. The molecule has 0 fully saturated rings. The minimum atomic E-state index is 0.277. The van der Waals surface area contributed by atoms with Gasteiger partial charge in [0.05, 0.1) is 5.92 Å². The van der Waals surface area contributed by atoms with Gasteiger partial charge in [-0.05, 0) is 31.8 Å². The van der Waals surface area contributed by atoms with Crippen LogP contribution in [-0.4, -0.2) is 23.2 Å². The highest BCUT2D eigenvalue weighted by Gasteiger charge is 2.22. The number of aromatic nitrogens is 2. The highest BCUT2D eigenvalue weighted by molar-refractivity contribution is 7.09. The van der Waals surface area contributed by atoms with Crippen LogP contribution < -0.4 is 5.32 Å². The van der Waals surface area contributed by atoms with Crippen LogP contribution in [0.5, 0.6) is 0 Å². The molecule has 5 heteroatoms. The van der Waals surface area contributed by atoms with Crippen molar-refractivity contribution in [3.8, 4) is 0 Å². The molecule has 4 nitrogen and oxygen atoms in total. The minimum absolute atomic E-state index is 0.277. The molecule has 2 rings (SSSR count). The van der Waals surface area contributed by atoms with Crippen LogP contribution in [0, 0.1) is 0 Å². The highest BCUT2D eigenvalue weighted by Crippen LogP contribution is 2.22. The first-order valence-electron chi connectivity index (χ1n) is 6.26. The second-order valence-corrected chi connectivity index (χ2v) is 5.43. The van der Waals surface area contributed by atoms with Crippen molar-refractivity contribution in [2.45, 2.75) is 38.6 Å². The van der Waals surface area contributed by atoms with E-state index in [1.54, 1.807) is 11.3 Å². The largest absolute Gasteiger partial charge is 0.339 e. The Morgan fingerprint density at radius 1 is 1.50 bits per heavy atom. The van der Waals surface area contributed by atoms with Crippen molar-refractivity contribution in [1.82, 2.24) is 15.5 Å². The molecule has 0 radical (unpaired) electrons. The number of nitrogens with one attached hydrogen (secondary N) is 1. The van der Waals surface area contributed by atoms with Gasteiger partial charge in [0.25, 0.3) is 0 Å². The third-order valence-corrected chi connectivity index (χ3v) is 4.09. The van der Waals surface area contributed by atoms with Crippen molar-refractivity contribution in [1.29, 1.82) is 0 Å². The molecule has 2 aromatic rings. The standard InChI is InChI=1S/C13H19N3OS/c1-4-11(9(2)14-3)13-15-12(16-17-13)8-10-6-5-7-18-10/h5-7,9,11,14H,4,8H2,1-3H3. The fraction of sp³-hybridized carbons (Fsp3) is 0.538. The Morgan fingerprint density at radius 2 is 2.33 bits per heavy atom. The van der Waals surface area contributed by atoms with E-state index in [-0.39, 0.29) is 5.92 Å². The first-order valence-corrected chi connectivity index (χ1v) is 7.14. The second-order valence-electron chi connectivity index (χ2n) is 4.40. The van der Waals surface area contributed by atoms with Crippen LogP contribution in [0.2, 0.25) is 0 Å². The molecule has 0 saturated heterocycles. The van der Waals surface area contributed by atoms with Crippen LogP contribution in [0.4, 0.5) is 0 Å². The molecule has 0 aromatic carbocycles. The van der Waals surface area contributed by atoms with E-state index in [0.29, 0.717) is 6.04 Å². The topological polar surface area (TPSA) is 51.0 Å². The summed E-state index contributed by atoms with van der Waals surface area (Å²) in [6.07, 6.45) is 1.74. The first-order chi connectivity index (χ1) is 8.74. The van der Waals surface area contributed by atoms with E-state index < -0.39 is 0 Å². The summed E-state index contributed by atoms with van der Waals surface area (Å²) >= 11 is 1.72. The molecule has 0 amide bonds. The van der Waals surface area contributed by atoms with Gasteiger partial charge in [0.1, 0.15) is 0 Å². The molecule has 0 aliphatic carbocycles. The quantitative estimate of drug-likeness (QED) is 0.872. The van der Waals surface area contributed by atoms with Gasteiger partial charge in [-0.1, -0.05) is 18.1 Å². The smallest absolute Gasteiger partial charge is 0.231 e. The van der Waals surface area contributed by atoms with E-state index in [4.69, 9.17) is 4.52 Å². The maximum Gasteiger partial charge on any atom is 0.231 e. The molecular weight excluding hydrogens is 246 g/mol. The third-order valence-electron chi connectivity index (χ3n) is 3.21. The lowest BCUT2D eigenvalue weighted by molar-refractivity contribution is 0.320. The van der Waals surface area contributed by atoms with E-state index in [1.165, 1.54) is 4.88 Å². The Balaban J connectivity index is 2.09. The van der Waals surface area contributed by atoms with Crippen LogP contribution in [-0.2, 0) is 6.42 Å². The zero-order chi connectivity index (χ0) is 13.0. The summed E-state index contributed by atoms with van der Waals surface area (Å²) in [6.45, 7) is 4.28. The van der Waals surface area contributed by atoms with E-state index >= 15 is 0 Å². The summed E-state index contributed by atoms with van der Waals surface area (Å²) in [4.78, 5) is 5.78. The fourth-order valence-electron chi connectivity index (χ4n) is 2.00. The van der Waals surface area contributed by atoms with Crippen molar-refractivity contribution < 1.29 is 4.52 Å². The molecule has 2 heterocycles. The monoisotopic (exact) mass is 265 g/mol. The van der Waals surface area contributed by atoms with Crippen LogP contribution in [0.25, 0.3) is 0 Å². The lowest BCUT2D eigenvalue weighted by atomic mass is 9.98. The SMILES string of the molecule is CCC(c1nc(Cc2cccs2)no1)C(C)NC. The number of likely N-dealkylation sites (N-methyl/N-ethyl adjacent to an activating group) is 1. The number of hydrogen-bond acceptors (Lipinski definition) is 5. The average molecular weight is 265 g/mol. The zero-order valence-corrected chi connectivity index (χ0v) is 11.8. The molecule has 1 N–H and O–H groups in total. The van der Waals surface area contributed by atoms with Crippen molar-refractivity contribution >= 4 is 11.3 Å². The lowest BCUT2D eigenvalue weighted by Gasteiger charge is -2.17. The van der Waals surface area contributed by atoms with E-state index in [2.05, 4.69) is 40.8 Å². The van der Waals surface area contributed by atoms with Crippen LogP contribution >= 0.6 is 11.3 Å². The minimum Gasteiger partial charge on any atom is -0.339 e. The highest BCUT2D eigenvalue weighted by atomic mass is 32.1. The van der Waals surface area contributed by atoms with Crippen molar-refractivity contribution in [2.24, 2.45) is 0 Å². The van der Waals surface area contributed by atoms with E-state index in [1.807, 2.05) is 13.1 Å². The molecule has 0 bridgehead atoms. The molecule has 0 aliphatic heterocycles. The number of rotatable bonds is 6. The normalized spacial score (nSPS) is 14.6. The van der Waals surface area contributed by atoms with Gasteiger partial charge in [-0.2, -0.15) is 4.98 Å². The molecule has 0 aliphatic rings. The summed E-state index contributed by atoms with van der Waals surface area (Å²) < 4.78 is 5.39. The average Bonchev–Trinajstić information content (AvgIpc) is 3.02. The van der Waals surface area contributed by atoms with Crippen LogP contribution in [0.1, 0.15) is 42.8 Å². The molecule has 0 spiro atoms. The Morgan fingerprint density at radius 3 is 2.94 bits per heavy atom. The predicted molar refractivity (Wildman–Crippen MR) is 73.0 cm³/mol. The summed E-state index contributed by atoms with van der Waals surface area (Å²) in [5, 5.41) is 9.38.